The fraction of sp³-hybridized carbons (Fsp3) is 0.850. The third-order valence-electron chi connectivity index (χ3n) is 5.85. The van der Waals surface area contributed by atoms with Crippen LogP contribution in [0.2, 0.25) is 0 Å². The molecule has 0 bridgehead atoms. The molecule has 1 heterocycles. The number of amides is 3. The van der Waals surface area contributed by atoms with Crippen LogP contribution in [0.4, 0.5) is 4.79 Å². The van der Waals surface area contributed by atoms with Crippen LogP contribution in [0.5, 0.6) is 0 Å². The van der Waals surface area contributed by atoms with Crippen molar-refractivity contribution >= 4 is 17.9 Å². The largest absolute Gasteiger partial charge is 0.480 e. The molecule has 0 radical (unpaired) electrons. The molecule has 0 spiro atoms. The summed E-state index contributed by atoms with van der Waals surface area (Å²) in [6.45, 7) is 8.18. The van der Waals surface area contributed by atoms with Crippen molar-refractivity contribution in [2.45, 2.75) is 77.4 Å². The van der Waals surface area contributed by atoms with Crippen molar-refractivity contribution < 1.29 is 19.5 Å². The highest BCUT2D eigenvalue weighted by atomic mass is 16.4. The van der Waals surface area contributed by atoms with Crippen molar-refractivity contribution in [2.24, 2.45) is 0 Å². The van der Waals surface area contributed by atoms with Crippen LogP contribution >= 0.6 is 0 Å². The predicted octanol–water partition coefficient (Wildman–Crippen LogP) is 1.75. The number of hydrogen-bond acceptors (Lipinski definition) is 4. The average molecular weight is 397 g/mol. The van der Waals surface area contributed by atoms with Crippen LogP contribution in [0.15, 0.2) is 0 Å². The Hall–Kier alpha value is -1.83. The standard InChI is InChI=1S/C20H36N4O4/c1-4-22(14-19(26)27)17-11-16(12-17)21-20(28)24(15(2)3)13-18(25)23-9-7-5-6-8-10-23/h15-17H,4-14H2,1-3H3,(H,21,28)(H,26,27). The summed E-state index contributed by atoms with van der Waals surface area (Å²) in [6.07, 6.45) is 5.90. The van der Waals surface area contributed by atoms with Crippen molar-refractivity contribution in [1.82, 2.24) is 20.0 Å². The minimum Gasteiger partial charge on any atom is -0.480 e. The number of nitrogens with one attached hydrogen (secondary N) is 1. The van der Waals surface area contributed by atoms with Crippen molar-refractivity contribution in [3.63, 3.8) is 0 Å². The maximum absolute atomic E-state index is 12.7. The van der Waals surface area contributed by atoms with Gasteiger partial charge in [0.05, 0.1) is 6.54 Å². The summed E-state index contributed by atoms with van der Waals surface area (Å²) in [5, 5.41) is 12.0. The first-order valence-electron chi connectivity index (χ1n) is 10.6. The monoisotopic (exact) mass is 396 g/mol. The number of nitrogens with zero attached hydrogens (tertiary/aromatic N) is 3. The first kappa shape index (κ1) is 22.5. The lowest BCUT2D eigenvalue weighted by Crippen LogP contribution is -2.58. The molecule has 8 heteroatoms. The Labute approximate surface area is 168 Å². The molecule has 0 aromatic rings. The molecule has 1 saturated carbocycles. The van der Waals surface area contributed by atoms with Gasteiger partial charge in [-0.3, -0.25) is 14.5 Å². The molecule has 1 aliphatic carbocycles. The lowest BCUT2D eigenvalue weighted by molar-refractivity contribution is -0.139. The summed E-state index contributed by atoms with van der Waals surface area (Å²) >= 11 is 0. The molecule has 1 aliphatic heterocycles. The Morgan fingerprint density at radius 3 is 2.18 bits per heavy atom. The maximum atomic E-state index is 12.7. The van der Waals surface area contributed by atoms with Gasteiger partial charge in [-0.1, -0.05) is 19.8 Å². The minimum absolute atomic E-state index is 0.0239. The van der Waals surface area contributed by atoms with E-state index in [0.717, 1.165) is 51.6 Å². The SMILES string of the molecule is CCN(CC(=O)O)C1CC(NC(=O)N(CC(=O)N2CCCCCC2)C(C)C)C1. The summed E-state index contributed by atoms with van der Waals surface area (Å²) < 4.78 is 0. The van der Waals surface area contributed by atoms with Gasteiger partial charge in [-0.05, 0) is 46.1 Å². The summed E-state index contributed by atoms with van der Waals surface area (Å²) in [5.74, 6) is -0.803. The number of likely N-dealkylation sites (N-methyl/N-ethyl adjacent to an activating group) is 1. The van der Waals surface area contributed by atoms with Gasteiger partial charge in [0, 0.05) is 31.2 Å². The van der Waals surface area contributed by atoms with Crippen molar-refractivity contribution in [3.05, 3.63) is 0 Å². The van der Waals surface area contributed by atoms with E-state index >= 15 is 0 Å². The van der Waals surface area contributed by atoms with Gasteiger partial charge >= 0.3 is 12.0 Å². The fourth-order valence-electron chi connectivity index (χ4n) is 3.99. The number of urea groups is 1. The maximum Gasteiger partial charge on any atom is 0.318 e. The number of carbonyl (C=O) groups excluding carboxylic acids is 2. The highest BCUT2D eigenvalue weighted by Crippen LogP contribution is 2.26. The molecule has 3 amide bonds. The van der Waals surface area contributed by atoms with Gasteiger partial charge in [0.2, 0.25) is 5.91 Å². The van der Waals surface area contributed by atoms with E-state index in [9.17, 15) is 14.4 Å². The van der Waals surface area contributed by atoms with Crippen LogP contribution < -0.4 is 5.32 Å². The molecule has 2 aliphatic rings. The second-order valence-electron chi connectivity index (χ2n) is 8.25. The molecule has 160 valence electrons. The Balaban J connectivity index is 1.83. The van der Waals surface area contributed by atoms with E-state index in [1.54, 1.807) is 4.90 Å². The lowest BCUT2D eigenvalue weighted by atomic mass is 9.85. The second-order valence-corrected chi connectivity index (χ2v) is 8.25. The first-order valence-corrected chi connectivity index (χ1v) is 10.6. The molecule has 2 rings (SSSR count). The molecular formula is C20H36N4O4. The van der Waals surface area contributed by atoms with Crippen LogP contribution in [0.3, 0.4) is 0 Å². The van der Waals surface area contributed by atoms with E-state index in [0.29, 0.717) is 6.54 Å². The van der Waals surface area contributed by atoms with E-state index in [-0.39, 0.29) is 43.2 Å². The second kappa shape index (κ2) is 10.6. The first-order chi connectivity index (χ1) is 13.3. The highest BCUT2D eigenvalue weighted by Gasteiger charge is 2.36. The predicted molar refractivity (Wildman–Crippen MR) is 107 cm³/mol. The lowest BCUT2D eigenvalue weighted by Gasteiger charge is -2.43. The van der Waals surface area contributed by atoms with Gasteiger partial charge < -0.3 is 20.2 Å². The van der Waals surface area contributed by atoms with Crippen LogP contribution in [0.25, 0.3) is 0 Å². The van der Waals surface area contributed by atoms with Gasteiger partial charge in [-0.15, -0.1) is 0 Å². The summed E-state index contributed by atoms with van der Waals surface area (Å²) in [7, 11) is 0. The number of aliphatic carboxylic acids is 1. The zero-order valence-electron chi connectivity index (χ0n) is 17.5. The molecule has 1 saturated heterocycles. The molecule has 8 nitrogen and oxygen atoms in total. The van der Waals surface area contributed by atoms with Crippen molar-refractivity contribution in [3.8, 4) is 0 Å². The van der Waals surface area contributed by atoms with Gasteiger partial charge in [0.1, 0.15) is 6.54 Å². The normalized spacial score (nSPS) is 22.5. The van der Waals surface area contributed by atoms with Crippen molar-refractivity contribution in [2.75, 3.05) is 32.7 Å². The van der Waals surface area contributed by atoms with Gasteiger partial charge in [-0.2, -0.15) is 0 Å². The zero-order valence-corrected chi connectivity index (χ0v) is 17.5. The average Bonchev–Trinajstić information content (AvgIpc) is 2.89. The third-order valence-corrected chi connectivity index (χ3v) is 5.85. The number of carboxylic acid groups (broad SMARTS) is 1. The number of likely N-dealkylation sites (tertiary alicyclic amines) is 1. The topological polar surface area (TPSA) is 93.2 Å². The molecule has 28 heavy (non-hydrogen) atoms. The van der Waals surface area contributed by atoms with E-state index in [2.05, 4.69) is 5.32 Å². The van der Waals surface area contributed by atoms with Crippen LogP contribution in [0.1, 0.15) is 59.3 Å². The summed E-state index contributed by atoms with van der Waals surface area (Å²) in [4.78, 5) is 41.8. The smallest absolute Gasteiger partial charge is 0.318 e. The van der Waals surface area contributed by atoms with Crippen LogP contribution in [-0.4, -0.2) is 88.6 Å². The fourth-order valence-corrected chi connectivity index (χ4v) is 3.99. The van der Waals surface area contributed by atoms with Crippen LogP contribution in [-0.2, 0) is 9.59 Å². The molecule has 0 aromatic carbocycles. The van der Waals surface area contributed by atoms with Gasteiger partial charge in [-0.25, -0.2) is 4.79 Å². The molecular weight excluding hydrogens is 360 g/mol. The Bertz CT molecular complexity index is 540. The molecule has 2 fully saturated rings. The van der Waals surface area contributed by atoms with Gasteiger partial charge in [0.25, 0.3) is 0 Å². The van der Waals surface area contributed by atoms with Gasteiger partial charge in [0.15, 0.2) is 0 Å². The van der Waals surface area contributed by atoms with E-state index in [1.807, 2.05) is 30.6 Å². The number of carboxylic acids is 1. The Kier molecular flexibility index (Phi) is 8.54. The van der Waals surface area contributed by atoms with Crippen LogP contribution in [0, 0.1) is 0 Å². The molecule has 0 unspecified atom stereocenters. The molecule has 2 N–H and O–H groups in total. The number of carbonyl (C=O) groups is 3. The Morgan fingerprint density at radius 1 is 1.07 bits per heavy atom. The Morgan fingerprint density at radius 2 is 1.68 bits per heavy atom. The summed E-state index contributed by atoms with van der Waals surface area (Å²) in [6, 6.07) is -0.0404. The van der Waals surface area contributed by atoms with Crippen molar-refractivity contribution in [1.29, 1.82) is 0 Å². The number of hydrogen-bond donors (Lipinski definition) is 2. The van der Waals surface area contributed by atoms with E-state index in [1.165, 1.54) is 0 Å². The molecule has 0 atom stereocenters. The van der Waals surface area contributed by atoms with E-state index in [4.69, 9.17) is 5.11 Å². The molecule has 0 aromatic heterocycles. The van der Waals surface area contributed by atoms with E-state index < -0.39 is 5.97 Å². The number of rotatable bonds is 8. The highest BCUT2D eigenvalue weighted by molar-refractivity contribution is 5.84. The zero-order chi connectivity index (χ0) is 20.7. The minimum atomic E-state index is -0.827. The summed E-state index contributed by atoms with van der Waals surface area (Å²) in [5.41, 5.74) is 0. The third kappa shape index (κ3) is 6.36. The quantitative estimate of drug-likeness (QED) is 0.652.